The summed E-state index contributed by atoms with van der Waals surface area (Å²) in [5.74, 6) is 0.505. The number of hydrogen-bond acceptors (Lipinski definition) is 9. The highest BCUT2D eigenvalue weighted by Crippen LogP contribution is 2.33. The number of alkyl halides is 1. The van der Waals surface area contributed by atoms with Gasteiger partial charge in [0, 0.05) is 45.0 Å². The Balaban J connectivity index is 1.29. The molecule has 1 fully saturated rings. The minimum Gasteiger partial charge on any atom is -0.491 e. The van der Waals surface area contributed by atoms with E-state index in [2.05, 4.69) is 33.9 Å². The molecule has 0 spiro atoms. The average molecular weight is 672 g/mol. The summed E-state index contributed by atoms with van der Waals surface area (Å²) in [7, 11) is 0. The van der Waals surface area contributed by atoms with Crippen molar-refractivity contribution in [2.24, 2.45) is 11.1 Å². The number of ketones is 1. The monoisotopic (exact) mass is 671 g/mol. The van der Waals surface area contributed by atoms with Crippen LogP contribution < -0.4 is 4.74 Å². The fourth-order valence-corrected chi connectivity index (χ4v) is 5.92. The Hall–Kier alpha value is -4.58. The summed E-state index contributed by atoms with van der Waals surface area (Å²) in [5, 5.41) is 13.1. The molecule has 6 rings (SSSR count). The highest BCUT2D eigenvalue weighted by Gasteiger charge is 2.33. The molecule has 0 amide bonds. The zero-order valence-electron chi connectivity index (χ0n) is 27.4. The number of aryl methyl sites for hydroxylation is 1. The fraction of sp³-hybridized carbons (Fsp3) is 0.361. The van der Waals surface area contributed by atoms with Gasteiger partial charge in [0.25, 0.3) is 0 Å². The lowest BCUT2D eigenvalue weighted by molar-refractivity contribution is -0.141. The van der Waals surface area contributed by atoms with Gasteiger partial charge in [0.15, 0.2) is 11.6 Å². The van der Waals surface area contributed by atoms with E-state index in [9.17, 15) is 9.59 Å². The highest BCUT2D eigenvalue weighted by atomic mass is 35.5. The molecule has 3 heterocycles. The molecule has 3 aromatic carbocycles. The second-order valence-electron chi connectivity index (χ2n) is 12.4. The summed E-state index contributed by atoms with van der Waals surface area (Å²) in [6.07, 6.45) is 3.88. The van der Waals surface area contributed by atoms with Gasteiger partial charge in [-0.2, -0.15) is 4.68 Å². The number of fused-ring (bicyclic) bond motifs is 3. The maximum atomic E-state index is 13.7. The van der Waals surface area contributed by atoms with Gasteiger partial charge in [-0.25, -0.2) is 4.79 Å². The van der Waals surface area contributed by atoms with Crippen molar-refractivity contribution in [3.05, 3.63) is 89.7 Å². The third kappa shape index (κ3) is 7.28. The van der Waals surface area contributed by atoms with Crippen LogP contribution in [0.2, 0.25) is 0 Å². The van der Waals surface area contributed by atoms with E-state index in [4.69, 9.17) is 30.6 Å². The lowest BCUT2D eigenvalue weighted by atomic mass is 10.00. The van der Waals surface area contributed by atoms with Crippen LogP contribution in [0.1, 0.15) is 62.0 Å². The first-order chi connectivity index (χ1) is 23.2. The van der Waals surface area contributed by atoms with Crippen LogP contribution in [0.5, 0.6) is 5.75 Å². The number of halogens is 1. The van der Waals surface area contributed by atoms with E-state index in [1.807, 2.05) is 50.2 Å². The van der Waals surface area contributed by atoms with Crippen molar-refractivity contribution in [1.82, 2.24) is 19.6 Å². The number of ether oxygens (including phenoxy) is 3. The highest BCUT2D eigenvalue weighted by molar-refractivity contribution is 6.32. The maximum absolute atomic E-state index is 13.7. The topological polar surface area (TPSA) is 119 Å². The lowest BCUT2D eigenvalue weighted by Crippen LogP contribution is -2.25. The molecule has 0 aliphatic carbocycles. The Morgan fingerprint density at radius 2 is 1.73 bits per heavy atom. The summed E-state index contributed by atoms with van der Waals surface area (Å²) in [4.78, 5) is 31.1. The Bertz CT molecular complexity index is 1950. The van der Waals surface area contributed by atoms with E-state index >= 15 is 0 Å². The van der Waals surface area contributed by atoms with Crippen LogP contribution >= 0.6 is 11.6 Å². The number of carbonyl (C=O) groups is 2. The molecule has 1 saturated heterocycles. The second-order valence-corrected chi connectivity index (χ2v) is 12.7. The second kappa shape index (κ2) is 14.3. The van der Waals surface area contributed by atoms with Crippen molar-refractivity contribution in [3.8, 4) is 5.75 Å². The molecule has 0 radical (unpaired) electrons. The van der Waals surface area contributed by atoms with Gasteiger partial charge in [-0.1, -0.05) is 36.7 Å². The van der Waals surface area contributed by atoms with Gasteiger partial charge in [0.2, 0.25) is 0 Å². The number of aromatic nitrogens is 4. The molecule has 0 bridgehead atoms. The largest absolute Gasteiger partial charge is 0.491 e. The molecule has 1 aliphatic heterocycles. The first-order valence-corrected chi connectivity index (χ1v) is 16.6. The predicted octanol–water partition coefficient (Wildman–Crippen LogP) is 7.21. The molecule has 1 aliphatic rings. The minimum atomic E-state index is -0.804. The van der Waals surface area contributed by atoms with E-state index in [0.29, 0.717) is 47.3 Å². The number of benzene rings is 3. The molecule has 2 aromatic heterocycles. The number of oxime groups is 1. The summed E-state index contributed by atoms with van der Waals surface area (Å²) in [6.45, 7) is 9.85. The molecule has 0 saturated carbocycles. The van der Waals surface area contributed by atoms with Crippen molar-refractivity contribution >= 4 is 51.0 Å². The van der Waals surface area contributed by atoms with Crippen molar-refractivity contribution in [2.45, 2.75) is 59.0 Å². The van der Waals surface area contributed by atoms with Crippen LogP contribution in [0.3, 0.4) is 0 Å². The molecule has 2 unspecified atom stereocenters. The molecule has 250 valence electrons. The van der Waals surface area contributed by atoms with Crippen LogP contribution in [-0.2, 0) is 20.9 Å². The number of carbonyl (C=O) groups excluding carboxylic acids is 2. The van der Waals surface area contributed by atoms with Crippen molar-refractivity contribution in [2.75, 3.05) is 19.1 Å². The Morgan fingerprint density at radius 3 is 2.35 bits per heavy atom. The Labute approximate surface area is 283 Å². The van der Waals surface area contributed by atoms with Crippen LogP contribution in [0.4, 0.5) is 4.79 Å². The number of rotatable bonds is 12. The fourth-order valence-electron chi connectivity index (χ4n) is 5.72. The van der Waals surface area contributed by atoms with E-state index in [1.165, 1.54) is 12.4 Å². The molecule has 48 heavy (non-hydrogen) atoms. The Kier molecular flexibility index (Phi) is 9.91. The van der Waals surface area contributed by atoms with Gasteiger partial charge >= 0.3 is 6.09 Å². The molecule has 11 nitrogen and oxygen atoms in total. The van der Waals surface area contributed by atoms with Crippen LogP contribution in [0.25, 0.3) is 21.8 Å². The molecule has 5 aromatic rings. The van der Waals surface area contributed by atoms with Crippen molar-refractivity contribution in [3.63, 3.8) is 0 Å². The summed E-state index contributed by atoms with van der Waals surface area (Å²) < 4.78 is 20.5. The van der Waals surface area contributed by atoms with Crippen molar-refractivity contribution in [1.29, 1.82) is 0 Å². The van der Waals surface area contributed by atoms with Gasteiger partial charge in [-0.05, 0) is 80.8 Å². The van der Waals surface area contributed by atoms with Crippen LogP contribution in [-0.4, -0.2) is 68.1 Å². The molecule has 12 heteroatoms. The van der Waals surface area contributed by atoms with Crippen molar-refractivity contribution < 1.29 is 28.6 Å². The van der Waals surface area contributed by atoms with Gasteiger partial charge in [-0.3, -0.25) is 9.63 Å². The average Bonchev–Trinajstić information content (AvgIpc) is 3.84. The van der Waals surface area contributed by atoms with Gasteiger partial charge in [0.05, 0.1) is 24.9 Å². The van der Waals surface area contributed by atoms with Crippen LogP contribution in [0, 0.1) is 5.92 Å². The maximum Gasteiger partial charge on any atom is 0.462 e. The molecule has 2 atom stereocenters. The van der Waals surface area contributed by atoms with Gasteiger partial charge in [-0.15, -0.1) is 16.7 Å². The SMILES string of the molecule is CCC(C)CCn1c2ccc(C(=O)c3ccc(OCC4COC(C)(C)O4)cc3)cc2c2cc(/C(CCl)=N/OC(=O)n3ccnn3)ccc21. The van der Waals surface area contributed by atoms with Crippen LogP contribution in [0.15, 0.2) is 78.2 Å². The van der Waals surface area contributed by atoms with E-state index in [-0.39, 0.29) is 17.8 Å². The molecular weight excluding hydrogens is 634 g/mol. The summed E-state index contributed by atoms with van der Waals surface area (Å²) >= 11 is 6.27. The number of hydrogen-bond donors (Lipinski definition) is 0. The van der Waals surface area contributed by atoms with Gasteiger partial charge in [0.1, 0.15) is 24.2 Å². The van der Waals surface area contributed by atoms with Gasteiger partial charge < -0.3 is 18.8 Å². The third-order valence-electron chi connectivity index (χ3n) is 8.59. The predicted molar refractivity (Wildman–Crippen MR) is 183 cm³/mol. The zero-order valence-corrected chi connectivity index (χ0v) is 28.1. The quantitative estimate of drug-likeness (QED) is 0.0449. The third-order valence-corrected chi connectivity index (χ3v) is 8.85. The standard InChI is InChI=1S/C36H38ClN5O6/c1-5-23(2)14-16-41-32-12-8-25(31(20-37)39-48-35(44)42-17-15-38-40-42)18-29(32)30-19-26(9-13-33(30)41)34(43)24-6-10-27(11-7-24)45-21-28-22-46-36(3,4)47-28/h6-13,15,17-19,23,28H,5,14,16,20-22H2,1-4H3/b39-31+. The molecular formula is C36H38ClN5O6. The van der Waals surface area contributed by atoms with E-state index in [0.717, 1.165) is 45.9 Å². The summed E-state index contributed by atoms with van der Waals surface area (Å²) in [5.41, 5.74) is 4.23. The molecule has 0 N–H and O–H groups in total. The van der Waals surface area contributed by atoms with E-state index < -0.39 is 11.9 Å². The minimum absolute atomic E-state index is 0.00564. The zero-order chi connectivity index (χ0) is 33.8. The first kappa shape index (κ1) is 33.3. The summed E-state index contributed by atoms with van der Waals surface area (Å²) in [6, 6.07) is 18.9. The normalized spacial score (nSPS) is 16.8. The Morgan fingerprint density at radius 1 is 1.04 bits per heavy atom. The number of nitrogens with zero attached hydrogens (tertiary/aromatic N) is 5. The smallest absolute Gasteiger partial charge is 0.462 e. The first-order valence-electron chi connectivity index (χ1n) is 16.0. The van der Waals surface area contributed by atoms with E-state index in [1.54, 1.807) is 24.3 Å². The lowest BCUT2D eigenvalue weighted by Gasteiger charge is -2.17.